The van der Waals surface area contributed by atoms with Gasteiger partial charge in [-0.05, 0) is 12.1 Å². The highest BCUT2D eigenvalue weighted by Crippen LogP contribution is 2.25. The summed E-state index contributed by atoms with van der Waals surface area (Å²) in [6.07, 6.45) is 4.31. The quantitative estimate of drug-likeness (QED) is 0.741. The Morgan fingerprint density at radius 2 is 2.25 bits per heavy atom. The van der Waals surface area contributed by atoms with E-state index >= 15 is 0 Å². The molecule has 3 rings (SSSR count). The summed E-state index contributed by atoms with van der Waals surface area (Å²) in [4.78, 5) is 12.9. The Bertz CT molecular complexity index is 538. The predicted octanol–water partition coefficient (Wildman–Crippen LogP) is 1.09. The van der Waals surface area contributed by atoms with Gasteiger partial charge in [0.15, 0.2) is 0 Å². The summed E-state index contributed by atoms with van der Waals surface area (Å²) in [5, 5.41) is 3.17. The topological polar surface area (TPSA) is 76.7 Å². The molecule has 0 fully saturated rings. The second-order valence-electron chi connectivity index (χ2n) is 3.66. The van der Waals surface area contributed by atoms with Crippen molar-refractivity contribution >= 4 is 11.6 Å². The Morgan fingerprint density at radius 1 is 1.31 bits per heavy atom. The molecule has 0 aromatic carbocycles. The molecule has 80 valence electrons. The molecule has 0 aliphatic carbocycles. The van der Waals surface area contributed by atoms with Crippen molar-refractivity contribution in [1.82, 2.24) is 15.0 Å². The largest absolute Gasteiger partial charge is 0.383 e. The highest BCUT2D eigenvalue weighted by molar-refractivity contribution is 5.70. The minimum Gasteiger partial charge on any atom is -0.383 e. The second kappa shape index (κ2) is 3.44. The lowest BCUT2D eigenvalue weighted by Crippen LogP contribution is -1.97. The van der Waals surface area contributed by atoms with Gasteiger partial charge in [0.2, 0.25) is 0 Å². The second-order valence-corrected chi connectivity index (χ2v) is 3.66. The Kier molecular flexibility index (Phi) is 1.96. The van der Waals surface area contributed by atoms with Crippen molar-refractivity contribution in [3.05, 3.63) is 30.2 Å². The van der Waals surface area contributed by atoms with Gasteiger partial charge in [-0.1, -0.05) is 0 Å². The number of anilines is 2. The zero-order valence-electron chi connectivity index (χ0n) is 8.64. The molecule has 5 heteroatoms. The number of hydrogen-bond donors (Lipinski definition) is 2. The fourth-order valence-electron chi connectivity index (χ4n) is 1.81. The van der Waals surface area contributed by atoms with Crippen LogP contribution < -0.4 is 11.1 Å². The maximum atomic E-state index is 5.80. The summed E-state index contributed by atoms with van der Waals surface area (Å²) >= 11 is 0. The van der Waals surface area contributed by atoms with Gasteiger partial charge in [-0.25, -0.2) is 15.0 Å². The molecule has 0 spiro atoms. The number of nitrogen functional groups attached to an aromatic ring is 1. The zero-order valence-corrected chi connectivity index (χ0v) is 8.64. The third-order valence-electron chi connectivity index (χ3n) is 2.61. The van der Waals surface area contributed by atoms with E-state index in [9.17, 15) is 0 Å². The summed E-state index contributed by atoms with van der Waals surface area (Å²) in [6, 6.07) is 3.75. The molecule has 1 aliphatic heterocycles. The fraction of sp³-hybridized carbons (Fsp3) is 0.182. The molecular weight excluding hydrogens is 202 g/mol. The van der Waals surface area contributed by atoms with Crippen molar-refractivity contribution in [2.45, 2.75) is 6.42 Å². The van der Waals surface area contributed by atoms with Crippen molar-refractivity contribution < 1.29 is 0 Å². The number of hydrogen-bond acceptors (Lipinski definition) is 5. The third kappa shape index (κ3) is 1.37. The minimum atomic E-state index is 0.489. The molecular formula is C11H11N5. The van der Waals surface area contributed by atoms with Crippen molar-refractivity contribution in [2.24, 2.45) is 0 Å². The lowest BCUT2D eigenvalue weighted by molar-refractivity contribution is 1.04. The Balaban J connectivity index is 2.11. The molecule has 3 N–H and O–H groups in total. The van der Waals surface area contributed by atoms with E-state index in [1.165, 1.54) is 0 Å². The number of aromatic nitrogens is 3. The van der Waals surface area contributed by atoms with Crippen LogP contribution in [0.15, 0.2) is 24.5 Å². The maximum Gasteiger partial charge on any atom is 0.147 e. The van der Waals surface area contributed by atoms with Gasteiger partial charge in [-0.15, -0.1) is 0 Å². The molecule has 0 unspecified atom stereocenters. The zero-order chi connectivity index (χ0) is 11.0. The van der Waals surface area contributed by atoms with Crippen LogP contribution in [0.4, 0.5) is 11.6 Å². The van der Waals surface area contributed by atoms with Crippen LogP contribution >= 0.6 is 0 Å². The summed E-state index contributed by atoms with van der Waals surface area (Å²) in [7, 11) is 0. The number of fused-ring (bicyclic) bond motifs is 1. The van der Waals surface area contributed by atoms with Gasteiger partial charge >= 0.3 is 0 Å². The van der Waals surface area contributed by atoms with Gasteiger partial charge in [0, 0.05) is 24.7 Å². The molecule has 0 saturated heterocycles. The van der Waals surface area contributed by atoms with Crippen LogP contribution in [0.25, 0.3) is 11.3 Å². The minimum absolute atomic E-state index is 0.489. The summed E-state index contributed by atoms with van der Waals surface area (Å²) < 4.78 is 0. The molecule has 2 aromatic heterocycles. The molecule has 5 nitrogen and oxygen atoms in total. The van der Waals surface area contributed by atoms with Crippen molar-refractivity contribution in [3.63, 3.8) is 0 Å². The van der Waals surface area contributed by atoms with Gasteiger partial charge in [0.05, 0.1) is 17.6 Å². The van der Waals surface area contributed by atoms with Crippen LogP contribution in [0.1, 0.15) is 5.69 Å². The number of nitrogens with one attached hydrogen (secondary N) is 1. The van der Waals surface area contributed by atoms with Crippen LogP contribution in [-0.4, -0.2) is 21.5 Å². The van der Waals surface area contributed by atoms with Crippen LogP contribution in [0, 0.1) is 0 Å². The maximum absolute atomic E-state index is 5.80. The number of pyridine rings is 1. The van der Waals surface area contributed by atoms with Crippen LogP contribution in [0.2, 0.25) is 0 Å². The van der Waals surface area contributed by atoms with Gasteiger partial charge in [0.25, 0.3) is 0 Å². The SMILES string of the molecule is Nc1ncccc1-c1cnc2c(n1)CCN2. The van der Waals surface area contributed by atoms with Crippen LogP contribution in [0.5, 0.6) is 0 Å². The van der Waals surface area contributed by atoms with Gasteiger partial charge in [0.1, 0.15) is 11.6 Å². The van der Waals surface area contributed by atoms with E-state index in [0.29, 0.717) is 5.82 Å². The molecule has 0 radical (unpaired) electrons. The Morgan fingerprint density at radius 3 is 3.12 bits per heavy atom. The monoisotopic (exact) mass is 213 g/mol. The first-order chi connectivity index (χ1) is 7.84. The predicted molar refractivity (Wildman–Crippen MR) is 61.9 cm³/mol. The number of rotatable bonds is 1. The van der Waals surface area contributed by atoms with Crippen molar-refractivity contribution in [1.29, 1.82) is 0 Å². The lowest BCUT2D eigenvalue weighted by Gasteiger charge is -2.04. The van der Waals surface area contributed by atoms with Crippen molar-refractivity contribution in [2.75, 3.05) is 17.6 Å². The highest BCUT2D eigenvalue weighted by Gasteiger charge is 2.14. The van der Waals surface area contributed by atoms with E-state index in [-0.39, 0.29) is 0 Å². The standard InChI is InChI=1S/C11H11N5/c12-10-7(2-1-4-13-10)9-6-15-11-8(16-9)3-5-14-11/h1-2,4,6H,3,5H2,(H2,12,13)(H,14,15). The fourth-order valence-corrected chi connectivity index (χ4v) is 1.81. The molecule has 1 aliphatic rings. The lowest BCUT2D eigenvalue weighted by atomic mass is 10.2. The summed E-state index contributed by atoms with van der Waals surface area (Å²) in [5.74, 6) is 1.37. The first-order valence-electron chi connectivity index (χ1n) is 5.15. The van der Waals surface area contributed by atoms with Gasteiger partial charge in [-0.2, -0.15) is 0 Å². The highest BCUT2D eigenvalue weighted by atomic mass is 15.0. The number of nitrogens with zero attached hydrogens (tertiary/aromatic N) is 3. The molecule has 0 bridgehead atoms. The first-order valence-corrected chi connectivity index (χ1v) is 5.15. The van der Waals surface area contributed by atoms with E-state index in [0.717, 1.165) is 35.7 Å². The van der Waals surface area contributed by atoms with E-state index < -0.39 is 0 Å². The van der Waals surface area contributed by atoms with E-state index in [1.54, 1.807) is 12.4 Å². The first kappa shape index (κ1) is 9.08. The Labute approximate surface area is 92.8 Å². The number of nitrogens with two attached hydrogens (primary N) is 1. The van der Waals surface area contributed by atoms with Gasteiger partial charge in [-0.3, -0.25) is 0 Å². The summed E-state index contributed by atoms with van der Waals surface area (Å²) in [6.45, 7) is 0.904. The van der Waals surface area contributed by atoms with E-state index in [2.05, 4.69) is 20.3 Å². The molecule has 0 atom stereocenters. The Hall–Kier alpha value is -2.17. The van der Waals surface area contributed by atoms with E-state index in [4.69, 9.17) is 5.73 Å². The average molecular weight is 213 g/mol. The molecule has 2 aromatic rings. The normalized spacial score (nSPS) is 13.2. The van der Waals surface area contributed by atoms with Gasteiger partial charge < -0.3 is 11.1 Å². The molecule has 3 heterocycles. The molecule has 0 saturated carbocycles. The smallest absolute Gasteiger partial charge is 0.147 e. The van der Waals surface area contributed by atoms with Crippen molar-refractivity contribution in [3.8, 4) is 11.3 Å². The third-order valence-corrected chi connectivity index (χ3v) is 2.61. The van der Waals surface area contributed by atoms with Crippen LogP contribution in [0.3, 0.4) is 0 Å². The average Bonchev–Trinajstić information content (AvgIpc) is 2.76. The summed E-state index contributed by atoms with van der Waals surface area (Å²) in [5.41, 5.74) is 8.43. The molecule has 0 amide bonds. The van der Waals surface area contributed by atoms with Crippen LogP contribution in [-0.2, 0) is 6.42 Å². The molecule has 16 heavy (non-hydrogen) atoms. The van der Waals surface area contributed by atoms with E-state index in [1.807, 2.05) is 12.1 Å².